The summed E-state index contributed by atoms with van der Waals surface area (Å²) >= 11 is 0. The van der Waals surface area contributed by atoms with E-state index in [1.807, 2.05) is 54.3 Å². The molecule has 6 nitrogen and oxygen atoms in total. The Balaban J connectivity index is 1.40. The van der Waals surface area contributed by atoms with Crippen LogP contribution in [0.25, 0.3) is 0 Å². The van der Waals surface area contributed by atoms with Gasteiger partial charge in [0, 0.05) is 38.8 Å². The minimum atomic E-state index is -0.209. The fraction of sp³-hybridized carbons (Fsp3) is 0.292. The Morgan fingerprint density at radius 1 is 0.833 bits per heavy atom. The molecule has 2 aromatic carbocycles. The van der Waals surface area contributed by atoms with E-state index in [-0.39, 0.29) is 11.5 Å². The Morgan fingerprint density at radius 3 is 2.20 bits per heavy atom. The first kappa shape index (κ1) is 20.0. The molecule has 1 aromatic heterocycles. The van der Waals surface area contributed by atoms with E-state index >= 15 is 0 Å². The highest BCUT2D eigenvalue weighted by Gasteiger charge is 2.23. The second kappa shape index (κ2) is 9.05. The minimum Gasteiger partial charge on any atom is -0.335 e. The van der Waals surface area contributed by atoms with Crippen LogP contribution >= 0.6 is 0 Å². The topological polar surface area (TPSA) is 58.4 Å². The molecule has 0 spiro atoms. The average molecular weight is 402 g/mol. The van der Waals surface area contributed by atoms with Crippen molar-refractivity contribution < 1.29 is 4.79 Å². The molecule has 1 amide bonds. The van der Waals surface area contributed by atoms with Crippen molar-refractivity contribution in [2.75, 3.05) is 26.2 Å². The van der Waals surface area contributed by atoms with Gasteiger partial charge in [0.25, 0.3) is 11.5 Å². The molecule has 0 saturated carbocycles. The van der Waals surface area contributed by atoms with Crippen molar-refractivity contribution >= 4 is 5.91 Å². The molecule has 0 unspecified atom stereocenters. The number of rotatable bonds is 5. The summed E-state index contributed by atoms with van der Waals surface area (Å²) in [4.78, 5) is 29.4. The van der Waals surface area contributed by atoms with Crippen LogP contribution in [-0.2, 0) is 13.1 Å². The number of hydrogen-bond acceptors (Lipinski definition) is 4. The van der Waals surface area contributed by atoms with Gasteiger partial charge in [-0.05, 0) is 24.1 Å². The van der Waals surface area contributed by atoms with Crippen LogP contribution < -0.4 is 5.56 Å². The van der Waals surface area contributed by atoms with E-state index in [0.717, 1.165) is 30.8 Å². The molecule has 0 bridgehead atoms. The number of benzene rings is 2. The van der Waals surface area contributed by atoms with Gasteiger partial charge in [-0.3, -0.25) is 14.5 Å². The van der Waals surface area contributed by atoms with Crippen molar-refractivity contribution in [3.63, 3.8) is 0 Å². The number of nitrogens with zero attached hydrogens (tertiary/aromatic N) is 4. The lowest BCUT2D eigenvalue weighted by Crippen LogP contribution is -2.48. The van der Waals surface area contributed by atoms with Gasteiger partial charge in [-0.2, -0.15) is 5.10 Å². The van der Waals surface area contributed by atoms with E-state index in [2.05, 4.69) is 22.1 Å². The largest absolute Gasteiger partial charge is 0.335 e. The van der Waals surface area contributed by atoms with Crippen molar-refractivity contribution in [2.24, 2.45) is 0 Å². The van der Waals surface area contributed by atoms with E-state index in [0.29, 0.717) is 25.3 Å². The highest BCUT2D eigenvalue weighted by molar-refractivity contribution is 5.92. The van der Waals surface area contributed by atoms with Gasteiger partial charge >= 0.3 is 0 Å². The monoisotopic (exact) mass is 402 g/mol. The number of aromatic nitrogens is 2. The first-order chi connectivity index (χ1) is 14.6. The van der Waals surface area contributed by atoms with Crippen molar-refractivity contribution in [1.29, 1.82) is 0 Å². The molecule has 3 aromatic rings. The Morgan fingerprint density at radius 2 is 1.50 bits per heavy atom. The lowest BCUT2D eigenvalue weighted by atomic mass is 10.1. The number of hydrogen-bond donors (Lipinski definition) is 0. The van der Waals surface area contributed by atoms with Crippen molar-refractivity contribution in [1.82, 2.24) is 19.6 Å². The van der Waals surface area contributed by atoms with Gasteiger partial charge in [0.05, 0.1) is 6.54 Å². The zero-order chi connectivity index (χ0) is 20.9. The van der Waals surface area contributed by atoms with Gasteiger partial charge in [0.1, 0.15) is 5.69 Å². The Labute approximate surface area is 176 Å². The fourth-order valence-electron chi connectivity index (χ4n) is 3.66. The van der Waals surface area contributed by atoms with Crippen LogP contribution in [0.15, 0.2) is 71.5 Å². The highest BCUT2D eigenvalue weighted by Crippen LogP contribution is 2.11. The molecule has 0 N–H and O–H groups in total. The lowest BCUT2D eigenvalue weighted by Gasteiger charge is -2.34. The fourth-order valence-corrected chi connectivity index (χ4v) is 3.66. The van der Waals surface area contributed by atoms with E-state index in [1.54, 1.807) is 0 Å². The summed E-state index contributed by atoms with van der Waals surface area (Å²) < 4.78 is 1.36. The SMILES string of the molecule is Cc1ccc(Cn2nc(C(=O)N3CCN(Cc4ccccc4)CC3)ccc2=O)cc1. The van der Waals surface area contributed by atoms with Crippen molar-refractivity contribution in [3.05, 3.63) is 99.5 Å². The molecule has 1 saturated heterocycles. The maximum Gasteiger partial charge on any atom is 0.274 e. The summed E-state index contributed by atoms with van der Waals surface area (Å²) in [5.74, 6) is -0.119. The molecule has 1 aliphatic heterocycles. The molecule has 4 rings (SSSR count). The van der Waals surface area contributed by atoms with E-state index < -0.39 is 0 Å². The van der Waals surface area contributed by atoms with Crippen LogP contribution in [0.4, 0.5) is 0 Å². The van der Waals surface area contributed by atoms with Crippen LogP contribution in [0.5, 0.6) is 0 Å². The average Bonchev–Trinajstić information content (AvgIpc) is 2.77. The Kier molecular flexibility index (Phi) is 6.05. The first-order valence-electron chi connectivity index (χ1n) is 10.3. The Bertz CT molecular complexity index is 1050. The summed E-state index contributed by atoms with van der Waals surface area (Å²) in [6.45, 7) is 6.23. The summed E-state index contributed by atoms with van der Waals surface area (Å²) in [7, 11) is 0. The quantitative estimate of drug-likeness (QED) is 0.658. The highest BCUT2D eigenvalue weighted by atomic mass is 16.2. The van der Waals surface area contributed by atoms with Crippen LogP contribution in [0.2, 0.25) is 0 Å². The molecular formula is C24H26N4O2. The number of amides is 1. The smallest absolute Gasteiger partial charge is 0.274 e. The second-order valence-corrected chi connectivity index (χ2v) is 7.75. The van der Waals surface area contributed by atoms with Crippen molar-refractivity contribution in [2.45, 2.75) is 20.0 Å². The molecule has 6 heteroatoms. The zero-order valence-corrected chi connectivity index (χ0v) is 17.2. The molecule has 0 aliphatic carbocycles. The van der Waals surface area contributed by atoms with Gasteiger partial charge in [-0.15, -0.1) is 0 Å². The van der Waals surface area contributed by atoms with Crippen LogP contribution in [0.3, 0.4) is 0 Å². The second-order valence-electron chi connectivity index (χ2n) is 7.75. The molecule has 154 valence electrons. The standard InChI is InChI=1S/C24H26N4O2/c1-19-7-9-21(10-8-19)18-28-23(29)12-11-22(25-28)24(30)27-15-13-26(14-16-27)17-20-5-3-2-4-6-20/h2-12H,13-18H2,1H3. The summed E-state index contributed by atoms with van der Waals surface area (Å²) in [6.07, 6.45) is 0. The molecule has 0 radical (unpaired) electrons. The van der Waals surface area contributed by atoms with Gasteiger partial charge in [-0.1, -0.05) is 60.2 Å². The van der Waals surface area contributed by atoms with Gasteiger partial charge in [0.15, 0.2) is 0 Å². The lowest BCUT2D eigenvalue weighted by molar-refractivity contribution is 0.0620. The summed E-state index contributed by atoms with van der Waals surface area (Å²) in [6, 6.07) is 21.3. The van der Waals surface area contributed by atoms with Crippen molar-refractivity contribution in [3.8, 4) is 0 Å². The van der Waals surface area contributed by atoms with E-state index in [9.17, 15) is 9.59 Å². The first-order valence-corrected chi connectivity index (χ1v) is 10.3. The molecule has 30 heavy (non-hydrogen) atoms. The molecule has 2 heterocycles. The summed E-state index contributed by atoms with van der Waals surface area (Å²) in [5.41, 5.74) is 3.53. The third-order valence-corrected chi connectivity index (χ3v) is 5.45. The van der Waals surface area contributed by atoms with Crippen LogP contribution in [0.1, 0.15) is 27.2 Å². The molecule has 1 aliphatic rings. The molecular weight excluding hydrogens is 376 g/mol. The van der Waals surface area contributed by atoms with E-state index in [4.69, 9.17) is 0 Å². The van der Waals surface area contributed by atoms with Gasteiger partial charge in [0.2, 0.25) is 0 Å². The van der Waals surface area contributed by atoms with Gasteiger partial charge in [-0.25, -0.2) is 4.68 Å². The third kappa shape index (κ3) is 4.83. The predicted molar refractivity (Wildman–Crippen MR) is 116 cm³/mol. The molecule has 1 fully saturated rings. The number of carbonyl (C=O) groups excluding carboxylic acids is 1. The van der Waals surface area contributed by atoms with Crippen LogP contribution in [0, 0.1) is 6.92 Å². The maximum atomic E-state index is 13.0. The Hall–Kier alpha value is -3.25. The van der Waals surface area contributed by atoms with E-state index in [1.165, 1.54) is 22.4 Å². The zero-order valence-electron chi connectivity index (χ0n) is 17.2. The summed E-state index contributed by atoms with van der Waals surface area (Å²) in [5, 5.41) is 4.35. The number of aryl methyl sites for hydroxylation is 1. The minimum absolute atomic E-state index is 0.119. The van der Waals surface area contributed by atoms with Gasteiger partial charge < -0.3 is 4.90 Å². The predicted octanol–water partition coefficient (Wildman–Crippen LogP) is 2.56. The number of piperazine rings is 1. The molecule has 0 atom stereocenters. The third-order valence-electron chi connectivity index (χ3n) is 5.45. The maximum absolute atomic E-state index is 13.0. The normalized spacial score (nSPS) is 14.6. The van der Waals surface area contributed by atoms with Crippen LogP contribution in [-0.4, -0.2) is 51.7 Å². The number of carbonyl (C=O) groups is 1.